The van der Waals surface area contributed by atoms with E-state index in [2.05, 4.69) is 19.7 Å². The minimum atomic E-state index is -0.590. The van der Waals surface area contributed by atoms with Crippen molar-refractivity contribution in [3.8, 4) is 17.4 Å². The average Bonchev–Trinajstić information content (AvgIpc) is 3.64. The topological polar surface area (TPSA) is 121 Å². The maximum Gasteiger partial charge on any atom is 0.328 e. The second kappa shape index (κ2) is 9.67. The summed E-state index contributed by atoms with van der Waals surface area (Å²) in [7, 11) is 0. The van der Waals surface area contributed by atoms with Crippen molar-refractivity contribution in [1.82, 2.24) is 24.2 Å². The number of fused-ring (bicyclic) bond motifs is 1. The maximum absolute atomic E-state index is 13.2. The lowest BCUT2D eigenvalue weighted by Gasteiger charge is -2.27. The van der Waals surface area contributed by atoms with Crippen molar-refractivity contribution >= 4 is 28.5 Å². The van der Waals surface area contributed by atoms with Gasteiger partial charge in [0.25, 0.3) is 0 Å². The molecule has 0 bridgehead atoms. The molecule has 0 saturated carbocycles. The number of imidazole rings is 1. The third kappa shape index (κ3) is 4.40. The van der Waals surface area contributed by atoms with Crippen molar-refractivity contribution in [3.63, 3.8) is 0 Å². The van der Waals surface area contributed by atoms with Crippen molar-refractivity contribution in [3.05, 3.63) is 42.5 Å². The van der Waals surface area contributed by atoms with Crippen LogP contribution in [-0.2, 0) is 20.7 Å². The Labute approximate surface area is 199 Å². The molecule has 0 radical (unpaired) electrons. The molecular weight excluding hydrogens is 460 g/mol. The van der Waals surface area contributed by atoms with Gasteiger partial charge >= 0.3 is 5.97 Å². The van der Waals surface area contributed by atoms with Gasteiger partial charge in [-0.25, -0.2) is 9.78 Å². The normalized spacial score (nSPS) is 18.8. The number of hydrogen-bond donors (Lipinski definition) is 1. The van der Waals surface area contributed by atoms with Crippen LogP contribution in [0.1, 0.15) is 25.3 Å². The first-order valence-corrected chi connectivity index (χ1v) is 11.8. The second-order valence-corrected chi connectivity index (χ2v) is 8.57. The SMILES string of the molecule is CCOC(=O)C1CCC(C(=O)NCCc2ccc3c(c2)OCO3)N1c1nc(-n2ccnc2)ns1. The van der Waals surface area contributed by atoms with Crippen LogP contribution >= 0.6 is 11.5 Å². The van der Waals surface area contributed by atoms with Crippen LogP contribution in [0.5, 0.6) is 11.5 Å². The fourth-order valence-corrected chi connectivity index (χ4v) is 4.91. The largest absolute Gasteiger partial charge is 0.464 e. The number of benzene rings is 1. The minimum absolute atomic E-state index is 0.160. The monoisotopic (exact) mass is 484 g/mol. The highest BCUT2D eigenvalue weighted by atomic mass is 32.1. The standard InChI is InChI=1S/C22H24N6O5S/c1-2-31-20(30)16-5-4-15(28(16)22-25-21(26-34-22)27-10-9-23-12-27)19(29)24-8-7-14-3-6-17-18(11-14)33-13-32-17/h3,6,9-12,15-16H,2,4-5,7-8,13H2,1H3,(H,24,29). The smallest absolute Gasteiger partial charge is 0.328 e. The van der Waals surface area contributed by atoms with Crippen molar-refractivity contribution in [2.24, 2.45) is 0 Å². The molecule has 1 fully saturated rings. The maximum atomic E-state index is 13.2. The van der Waals surface area contributed by atoms with Crippen molar-refractivity contribution in [2.75, 3.05) is 24.8 Å². The van der Waals surface area contributed by atoms with Gasteiger partial charge in [0.2, 0.25) is 23.8 Å². The number of rotatable bonds is 8. The van der Waals surface area contributed by atoms with Crippen LogP contribution in [0.15, 0.2) is 36.9 Å². The molecule has 2 aliphatic rings. The molecule has 34 heavy (non-hydrogen) atoms. The van der Waals surface area contributed by atoms with Gasteiger partial charge < -0.3 is 24.4 Å². The van der Waals surface area contributed by atoms with Gasteiger partial charge in [-0.2, -0.15) is 9.36 Å². The molecule has 4 heterocycles. The summed E-state index contributed by atoms with van der Waals surface area (Å²) in [6, 6.07) is 4.61. The highest BCUT2D eigenvalue weighted by molar-refractivity contribution is 7.09. The van der Waals surface area contributed by atoms with E-state index in [1.54, 1.807) is 35.1 Å². The summed E-state index contributed by atoms with van der Waals surface area (Å²) in [6.07, 6.45) is 6.62. The van der Waals surface area contributed by atoms with Crippen LogP contribution in [0, 0.1) is 0 Å². The Morgan fingerprint density at radius 2 is 2.09 bits per heavy atom. The van der Waals surface area contributed by atoms with E-state index < -0.39 is 12.1 Å². The van der Waals surface area contributed by atoms with E-state index in [9.17, 15) is 9.59 Å². The highest BCUT2D eigenvalue weighted by Crippen LogP contribution is 2.34. The number of hydrogen-bond acceptors (Lipinski definition) is 10. The van der Waals surface area contributed by atoms with E-state index in [1.807, 2.05) is 18.2 Å². The van der Waals surface area contributed by atoms with Gasteiger partial charge in [0.1, 0.15) is 18.4 Å². The van der Waals surface area contributed by atoms with Crippen molar-refractivity contribution in [2.45, 2.75) is 38.3 Å². The number of nitrogens with zero attached hydrogens (tertiary/aromatic N) is 5. The van der Waals surface area contributed by atoms with E-state index in [0.29, 0.717) is 42.6 Å². The van der Waals surface area contributed by atoms with Crippen molar-refractivity contribution in [1.29, 1.82) is 0 Å². The molecule has 1 N–H and O–H groups in total. The number of ether oxygens (including phenoxy) is 3. The van der Waals surface area contributed by atoms with Gasteiger partial charge in [0.15, 0.2) is 11.5 Å². The molecule has 0 aliphatic carbocycles. The minimum Gasteiger partial charge on any atom is -0.464 e. The van der Waals surface area contributed by atoms with Crippen LogP contribution in [0.2, 0.25) is 0 Å². The Bertz CT molecular complexity index is 1170. The molecular formula is C22H24N6O5S. The Morgan fingerprint density at radius 1 is 1.24 bits per heavy atom. The lowest BCUT2D eigenvalue weighted by molar-refractivity contribution is -0.144. The fraction of sp³-hybridized carbons (Fsp3) is 0.409. The van der Waals surface area contributed by atoms with Gasteiger partial charge in [-0.05, 0) is 43.9 Å². The Balaban J connectivity index is 1.28. The van der Waals surface area contributed by atoms with Gasteiger partial charge in [0, 0.05) is 30.5 Å². The predicted octanol–water partition coefficient (Wildman–Crippen LogP) is 1.71. The number of amides is 1. The molecule has 2 unspecified atom stereocenters. The summed E-state index contributed by atoms with van der Waals surface area (Å²) in [5, 5.41) is 3.50. The lowest BCUT2D eigenvalue weighted by Crippen LogP contribution is -2.49. The van der Waals surface area contributed by atoms with Crippen LogP contribution in [0.4, 0.5) is 5.13 Å². The van der Waals surface area contributed by atoms with E-state index in [-0.39, 0.29) is 25.3 Å². The van der Waals surface area contributed by atoms with E-state index in [4.69, 9.17) is 14.2 Å². The quantitative estimate of drug-likeness (QED) is 0.476. The van der Waals surface area contributed by atoms with Crippen molar-refractivity contribution < 1.29 is 23.8 Å². The molecule has 11 nitrogen and oxygen atoms in total. The van der Waals surface area contributed by atoms with E-state index >= 15 is 0 Å². The Hall–Kier alpha value is -3.67. The Morgan fingerprint density at radius 3 is 2.91 bits per heavy atom. The summed E-state index contributed by atoms with van der Waals surface area (Å²) in [4.78, 5) is 36.1. The zero-order chi connectivity index (χ0) is 23.5. The van der Waals surface area contributed by atoms with Gasteiger partial charge in [0.05, 0.1) is 6.61 Å². The number of carbonyl (C=O) groups is 2. The summed E-state index contributed by atoms with van der Waals surface area (Å²) in [5.41, 5.74) is 1.03. The third-order valence-corrected chi connectivity index (χ3v) is 6.48. The molecule has 0 spiro atoms. The first-order chi connectivity index (χ1) is 16.6. The molecule has 2 aromatic heterocycles. The van der Waals surface area contributed by atoms with Crippen LogP contribution in [0.25, 0.3) is 5.95 Å². The highest BCUT2D eigenvalue weighted by Gasteiger charge is 2.44. The molecule has 1 aromatic carbocycles. The first-order valence-electron chi connectivity index (χ1n) is 11.1. The lowest BCUT2D eigenvalue weighted by atomic mass is 10.1. The average molecular weight is 485 g/mol. The molecule has 178 valence electrons. The summed E-state index contributed by atoms with van der Waals surface area (Å²) < 4.78 is 22.1. The van der Waals surface area contributed by atoms with Gasteiger partial charge in [-0.15, -0.1) is 0 Å². The number of aromatic nitrogens is 4. The molecule has 2 aliphatic heterocycles. The molecule has 5 rings (SSSR count). The van der Waals surface area contributed by atoms with E-state index in [0.717, 1.165) is 22.8 Å². The zero-order valence-electron chi connectivity index (χ0n) is 18.5. The third-order valence-electron chi connectivity index (χ3n) is 5.76. The molecule has 2 atom stereocenters. The first kappa shape index (κ1) is 22.1. The number of esters is 1. The zero-order valence-corrected chi connectivity index (χ0v) is 19.4. The van der Waals surface area contributed by atoms with Gasteiger partial charge in [-0.3, -0.25) is 9.36 Å². The summed E-state index contributed by atoms with van der Waals surface area (Å²) in [6.45, 7) is 2.71. The predicted molar refractivity (Wildman–Crippen MR) is 122 cm³/mol. The molecule has 1 amide bonds. The Kier molecular flexibility index (Phi) is 6.30. The van der Waals surface area contributed by atoms with E-state index in [1.165, 1.54) is 0 Å². The molecule has 12 heteroatoms. The number of carbonyl (C=O) groups excluding carboxylic acids is 2. The fourth-order valence-electron chi connectivity index (χ4n) is 4.14. The van der Waals surface area contributed by atoms with Gasteiger partial charge in [-0.1, -0.05) is 6.07 Å². The number of nitrogens with one attached hydrogen (secondary N) is 1. The summed E-state index contributed by atoms with van der Waals surface area (Å²) >= 11 is 1.14. The van der Waals surface area contributed by atoms with Crippen LogP contribution in [0.3, 0.4) is 0 Å². The van der Waals surface area contributed by atoms with Crippen LogP contribution < -0.4 is 19.7 Å². The molecule has 1 saturated heterocycles. The second-order valence-electron chi connectivity index (χ2n) is 7.84. The summed E-state index contributed by atoms with van der Waals surface area (Å²) in [5.74, 6) is 1.36. The number of anilines is 1. The molecule has 3 aromatic rings. The van der Waals surface area contributed by atoms with Crippen LogP contribution in [-0.4, -0.2) is 62.8 Å².